The van der Waals surface area contributed by atoms with E-state index in [1.54, 1.807) is 26.0 Å². The van der Waals surface area contributed by atoms with E-state index in [-0.39, 0.29) is 18.2 Å². The molecule has 5 rings (SSSR count). The van der Waals surface area contributed by atoms with Crippen LogP contribution in [0.2, 0.25) is 0 Å². The molecule has 1 N–H and O–H groups in total. The number of amides is 1. The molecule has 4 aromatic rings. The first kappa shape index (κ1) is 23.0. The Morgan fingerprint density at radius 3 is 2.63 bits per heavy atom. The van der Waals surface area contributed by atoms with Gasteiger partial charge in [-0.1, -0.05) is 17.4 Å². The summed E-state index contributed by atoms with van der Waals surface area (Å²) in [6.07, 6.45) is 0.253. The largest absolute Gasteiger partial charge is 0.494 e. The van der Waals surface area contributed by atoms with Gasteiger partial charge in [0.2, 0.25) is 16.8 Å². The molecule has 0 fully saturated rings. The van der Waals surface area contributed by atoms with E-state index in [2.05, 4.69) is 5.32 Å². The maximum atomic E-state index is 12.9. The third-order valence-corrected chi connectivity index (χ3v) is 7.05. The van der Waals surface area contributed by atoms with Crippen LogP contribution in [0.4, 0.5) is 5.82 Å². The second-order valence-electron chi connectivity index (χ2n) is 8.05. The zero-order valence-electron chi connectivity index (χ0n) is 20.2. The highest BCUT2D eigenvalue weighted by Crippen LogP contribution is 2.48. The van der Waals surface area contributed by atoms with Crippen LogP contribution >= 0.6 is 11.3 Å². The van der Waals surface area contributed by atoms with Crippen LogP contribution in [-0.2, 0) is 4.79 Å². The molecule has 1 aliphatic rings. The van der Waals surface area contributed by atoms with Crippen LogP contribution in [-0.4, -0.2) is 48.6 Å². The average Bonchev–Trinajstić information content (AvgIpc) is 3.43. The zero-order valence-corrected chi connectivity index (χ0v) is 21.0. The van der Waals surface area contributed by atoms with Gasteiger partial charge in [-0.15, -0.1) is 0 Å². The number of thiazole rings is 1. The minimum absolute atomic E-state index is 0.111. The molecule has 0 spiro atoms. The minimum atomic E-state index is -0.277. The fourth-order valence-electron chi connectivity index (χ4n) is 4.59. The SMILES string of the molecule is CCOc1ccc2nc(-n3nc(C)c4c3NC(=O)CC4c3ccc(OC)c(OC)c3OC)sc2c1. The zero-order chi connectivity index (χ0) is 24.7. The molecule has 182 valence electrons. The lowest BCUT2D eigenvalue weighted by Crippen LogP contribution is -2.25. The Labute approximate surface area is 206 Å². The van der Waals surface area contributed by atoms with Gasteiger partial charge in [0.25, 0.3) is 0 Å². The lowest BCUT2D eigenvalue weighted by molar-refractivity contribution is -0.116. The molecule has 35 heavy (non-hydrogen) atoms. The summed E-state index contributed by atoms with van der Waals surface area (Å²) in [4.78, 5) is 17.6. The van der Waals surface area contributed by atoms with E-state index in [1.807, 2.05) is 44.2 Å². The van der Waals surface area contributed by atoms with Crippen molar-refractivity contribution in [1.29, 1.82) is 0 Å². The molecule has 0 saturated carbocycles. The van der Waals surface area contributed by atoms with Crippen molar-refractivity contribution in [2.45, 2.75) is 26.2 Å². The summed E-state index contributed by atoms with van der Waals surface area (Å²) >= 11 is 1.49. The molecule has 9 nitrogen and oxygen atoms in total. The molecular formula is C25H26N4O5S. The summed E-state index contributed by atoms with van der Waals surface area (Å²) in [6.45, 7) is 4.48. The maximum absolute atomic E-state index is 12.9. The monoisotopic (exact) mass is 494 g/mol. The third kappa shape index (κ3) is 3.83. The van der Waals surface area contributed by atoms with Crippen molar-refractivity contribution in [3.05, 3.63) is 47.2 Å². The number of methoxy groups -OCH3 is 3. The number of carbonyl (C=O) groups excluding carboxylic acids is 1. The Balaban J connectivity index is 1.64. The van der Waals surface area contributed by atoms with Crippen molar-refractivity contribution in [2.75, 3.05) is 33.3 Å². The molecule has 2 aromatic carbocycles. The number of nitrogens with zero attached hydrogens (tertiary/aromatic N) is 3. The second-order valence-corrected chi connectivity index (χ2v) is 9.06. The standard InChI is InChI=1S/C25H26N4O5S/c1-6-34-14-7-9-17-19(11-14)35-25(26-17)29-24-21(13(2)28-29)16(12-20(30)27-24)15-8-10-18(31-3)23(33-5)22(15)32-4/h7-11,16H,6,12H2,1-5H3,(H,27,30). The third-order valence-electron chi connectivity index (χ3n) is 6.05. The molecule has 1 aliphatic heterocycles. The van der Waals surface area contributed by atoms with Gasteiger partial charge in [0.15, 0.2) is 11.5 Å². The summed E-state index contributed by atoms with van der Waals surface area (Å²) in [5.74, 6) is 2.60. The van der Waals surface area contributed by atoms with Crippen LogP contribution in [0.3, 0.4) is 0 Å². The number of fused-ring (bicyclic) bond motifs is 2. The molecule has 10 heteroatoms. The highest BCUT2D eigenvalue weighted by molar-refractivity contribution is 7.20. The van der Waals surface area contributed by atoms with Gasteiger partial charge in [0, 0.05) is 23.5 Å². The molecule has 3 heterocycles. The molecule has 0 saturated heterocycles. The molecular weight excluding hydrogens is 468 g/mol. The number of benzene rings is 2. The highest BCUT2D eigenvalue weighted by atomic mass is 32.1. The lowest BCUT2D eigenvalue weighted by Gasteiger charge is -2.26. The quantitative estimate of drug-likeness (QED) is 0.398. The lowest BCUT2D eigenvalue weighted by atomic mass is 9.85. The van der Waals surface area contributed by atoms with Crippen LogP contribution in [0.25, 0.3) is 15.3 Å². The van der Waals surface area contributed by atoms with E-state index in [0.717, 1.165) is 32.8 Å². The van der Waals surface area contributed by atoms with Gasteiger partial charge in [0.1, 0.15) is 11.6 Å². The molecule has 1 amide bonds. The summed E-state index contributed by atoms with van der Waals surface area (Å²) in [6, 6.07) is 9.54. The molecule has 1 unspecified atom stereocenters. The van der Waals surface area contributed by atoms with Crippen molar-refractivity contribution in [3.8, 4) is 28.1 Å². The number of aromatic nitrogens is 3. The van der Waals surface area contributed by atoms with Crippen molar-refractivity contribution in [1.82, 2.24) is 14.8 Å². The summed E-state index contributed by atoms with van der Waals surface area (Å²) in [7, 11) is 4.72. The summed E-state index contributed by atoms with van der Waals surface area (Å²) < 4.78 is 25.1. The van der Waals surface area contributed by atoms with Crippen molar-refractivity contribution in [3.63, 3.8) is 0 Å². The Kier molecular flexibility index (Phi) is 5.98. The van der Waals surface area contributed by atoms with Crippen LogP contribution < -0.4 is 24.3 Å². The van der Waals surface area contributed by atoms with Crippen LogP contribution in [0.1, 0.15) is 36.1 Å². The van der Waals surface area contributed by atoms with Gasteiger partial charge in [-0.05, 0) is 38.1 Å². The predicted octanol–water partition coefficient (Wildman–Crippen LogP) is 4.69. The first-order valence-corrected chi connectivity index (χ1v) is 12.0. The van der Waals surface area contributed by atoms with E-state index in [1.165, 1.54) is 11.3 Å². The van der Waals surface area contributed by atoms with Crippen LogP contribution in [0, 0.1) is 6.92 Å². The summed E-state index contributed by atoms with van der Waals surface area (Å²) in [5, 5.41) is 8.46. The molecule has 0 radical (unpaired) electrons. The fraction of sp³-hybridized carbons (Fsp3) is 0.320. The maximum Gasteiger partial charge on any atom is 0.226 e. The minimum Gasteiger partial charge on any atom is -0.494 e. The fourth-order valence-corrected chi connectivity index (χ4v) is 5.54. The molecule has 0 bridgehead atoms. The van der Waals surface area contributed by atoms with Gasteiger partial charge in [-0.25, -0.2) is 4.98 Å². The topological polar surface area (TPSA) is 96.7 Å². The normalized spacial score (nSPS) is 15.0. The van der Waals surface area contributed by atoms with E-state index in [4.69, 9.17) is 29.0 Å². The number of rotatable bonds is 7. The first-order chi connectivity index (χ1) is 17.0. The number of nitrogens with one attached hydrogen (secondary N) is 1. The van der Waals surface area contributed by atoms with Crippen molar-refractivity contribution >= 4 is 33.3 Å². The van der Waals surface area contributed by atoms with Crippen LogP contribution in [0.15, 0.2) is 30.3 Å². The Morgan fingerprint density at radius 1 is 1.11 bits per heavy atom. The second kappa shape index (κ2) is 9.10. The Hall–Kier alpha value is -3.79. The number of ether oxygens (including phenoxy) is 4. The number of aryl methyl sites for hydroxylation is 1. The average molecular weight is 495 g/mol. The number of hydrogen-bond donors (Lipinski definition) is 1. The van der Waals surface area contributed by atoms with Gasteiger partial charge in [-0.3, -0.25) is 4.79 Å². The van der Waals surface area contributed by atoms with Gasteiger partial charge in [-0.2, -0.15) is 9.78 Å². The van der Waals surface area contributed by atoms with Gasteiger partial charge >= 0.3 is 0 Å². The molecule has 0 aliphatic carbocycles. The van der Waals surface area contributed by atoms with Gasteiger partial charge < -0.3 is 24.3 Å². The van der Waals surface area contributed by atoms with E-state index < -0.39 is 0 Å². The van der Waals surface area contributed by atoms with E-state index >= 15 is 0 Å². The number of carbonyl (C=O) groups is 1. The Bertz CT molecular complexity index is 1430. The number of anilines is 1. The smallest absolute Gasteiger partial charge is 0.226 e. The first-order valence-electron chi connectivity index (χ1n) is 11.2. The molecule has 2 aromatic heterocycles. The highest BCUT2D eigenvalue weighted by Gasteiger charge is 2.36. The van der Waals surface area contributed by atoms with Gasteiger partial charge in [0.05, 0.1) is 43.8 Å². The van der Waals surface area contributed by atoms with Crippen LogP contribution in [0.5, 0.6) is 23.0 Å². The number of hydrogen-bond acceptors (Lipinski definition) is 8. The molecule has 1 atom stereocenters. The van der Waals surface area contributed by atoms with E-state index in [0.29, 0.717) is 34.8 Å². The van der Waals surface area contributed by atoms with Crippen molar-refractivity contribution < 1.29 is 23.7 Å². The van der Waals surface area contributed by atoms with E-state index in [9.17, 15) is 4.79 Å². The Morgan fingerprint density at radius 2 is 1.91 bits per heavy atom. The predicted molar refractivity (Wildman–Crippen MR) is 134 cm³/mol. The van der Waals surface area contributed by atoms with Crippen molar-refractivity contribution in [2.24, 2.45) is 0 Å². The summed E-state index contributed by atoms with van der Waals surface area (Å²) in [5.41, 5.74) is 3.39.